The van der Waals surface area contributed by atoms with Gasteiger partial charge >= 0.3 is 0 Å². The van der Waals surface area contributed by atoms with Gasteiger partial charge < -0.3 is 9.84 Å². The van der Waals surface area contributed by atoms with Crippen molar-refractivity contribution in [3.63, 3.8) is 0 Å². The van der Waals surface area contributed by atoms with Gasteiger partial charge in [-0.25, -0.2) is 0 Å². The average molecular weight is 333 g/mol. The molecule has 5 heteroatoms. The zero-order chi connectivity index (χ0) is 14.2. The van der Waals surface area contributed by atoms with E-state index < -0.39 is 6.10 Å². The Balaban J connectivity index is 1.74. The number of ether oxygens (including phenoxy) is 1. The third-order valence-corrected chi connectivity index (χ3v) is 7.35. The van der Waals surface area contributed by atoms with E-state index in [4.69, 9.17) is 16.3 Å². The SMILES string of the molecule is Cc1csc(C(O)C2CCOC3(CCSCC3)C2)c1Cl. The first-order valence-electron chi connectivity index (χ1n) is 7.24. The van der Waals surface area contributed by atoms with Crippen LogP contribution in [0.4, 0.5) is 0 Å². The van der Waals surface area contributed by atoms with Crippen molar-refractivity contribution in [3.8, 4) is 0 Å². The minimum absolute atomic E-state index is 0.0218. The van der Waals surface area contributed by atoms with E-state index in [0.29, 0.717) is 0 Å². The first-order chi connectivity index (χ1) is 9.61. The highest BCUT2D eigenvalue weighted by Gasteiger charge is 2.41. The highest BCUT2D eigenvalue weighted by atomic mass is 35.5. The zero-order valence-electron chi connectivity index (χ0n) is 11.7. The average Bonchev–Trinajstić information content (AvgIpc) is 2.79. The van der Waals surface area contributed by atoms with Gasteiger partial charge in [0.1, 0.15) is 0 Å². The summed E-state index contributed by atoms with van der Waals surface area (Å²) in [4.78, 5) is 0.941. The van der Waals surface area contributed by atoms with Gasteiger partial charge in [0, 0.05) is 6.61 Å². The van der Waals surface area contributed by atoms with Gasteiger partial charge in [-0.05, 0) is 61.0 Å². The molecule has 1 N–H and O–H groups in total. The fourth-order valence-electron chi connectivity index (χ4n) is 3.29. The molecule has 2 aliphatic rings. The molecule has 0 aromatic carbocycles. The van der Waals surface area contributed by atoms with Crippen molar-refractivity contribution < 1.29 is 9.84 Å². The van der Waals surface area contributed by atoms with Crippen LogP contribution in [0.2, 0.25) is 5.02 Å². The highest BCUT2D eigenvalue weighted by Crippen LogP contribution is 2.45. The number of thiophene rings is 1. The van der Waals surface area contributed by atoms with Gasteiger partial charge in [-0.15, -0.1) is 11.3 Å². The summed E-state index contributed by atoms with van der Waals surface area (Å²) in [5.74, 6) is 2.64. The minimum Gasteiger partial charge on any atom is -0.387 e. The standard InChI is InChI=1S/C15H21ClO2S2/c1-10-9-20-14(12(10)16)13(17)11-2-5-18-15(8-11)3-6-19-7-4-15/h9,11,13,17H,2-8H2,1H3. The fraction of sp³-hybridized carbons (Fsp3) is 0.733. The van der Waals surface area contributed by atoms with Gasteiger partial charge in [-0.2, -0.15) is 11.8 Å². The third kappa shape index (κ3) is 2.91. The van der Waals surface area contributed by atoms with Crippen LogP contribution in [0.25, 0.3) is 0 Å². The Morgan fingerprint density at radius 1 is 1.45 bits per heavy atom. The van der Waals surface area contributed by atoms with Crippen molar-refractivity contribution in [2.75, 3.05) is 18.1 Å². The molecule has 0 bridgehead atoms. The van der Waals surface area contributed by atoms with Crippen LogP contribution < -0.4 is 0 Å². The minimum atomic E-state index is -0.434. The largest absolute Gasteiger partial charge is 0.387 e. The van der Waals surface area contributed by atoms with E-state index in [1.807, 2.05) is 24.1 Å². The Kier molecular flexibility index (Phi) is 4.68. The second-order valence-electron chi connectivity index (χ2n) is 5.94. The molecule has 1 aromatic rings. The predicted octanol–water partition coefficient (Wildman–Crippen LogP) is 4.44. The maximum atomic E-state index is 10.7. The van der Waals surface area contributed by atoms with Crippen LogP contribution in [-0.4, -0.2) is 28.8 Å². The molecule has 2 fully saturated rings. The molecule has 0 aliphatic carbocycles. The van der Waals surface area contributed by atoms with Crippen LogP contribution in [0.1, 0.15) is 42.2 Å². The highest BCUT2D eigenvalue weighted by molar-refractivity contribution is 7.99. The Morgan fingerprint density at radius 2 is 2.20 bits per heavy atom. The molecular weight excluding hydrogens is 312 g/mol. The molecular formula is C15H21ClO2S2. The summed E-state index contributed by atoms with van der Waals surface area (Å²) in [6, 6.07) is 0. The summed E-state index contributed by atoms with van der Waals surface area (Å²) in [5, 5.41) is 13.5. The van der Waals surface area contributed by atoms with Gasteiger partial charge in [-0.1, -0.05) is 11.6 Å². The molecule has 20 heavy (non-hydrogen) atoms. The van der Waals surface area contributed by atoms with Gasteiger partial charge in [-0.3, -0.25) is 0 Å². The van der Waals surface area contributed by atoms with Crippen molar-refractivity contribution >= 4 is 34.7 Å². The molecule has 3 heterocycles. The molecule has 2 aliphatic heterocycles. The Bertz CT molecular complexity index is 463. The number of rotatable bonds is 2. The number of aliphatic hydroxyl groups excluding tert-OH is 1. The number of aliphatic hydroxyl groups is 1. The molecule has 1 spiro atoms. The second kappa shape index (κ2) is 6.17. The molecule has 0 amide bonds. The quantitative estimate of drug-likeness (QED) is 0.868. The summed E-state index contributed by atoms with van der Waals surface area (Å²) in [7, 11) is 0. The first kappa shape index (κ1) is 15.2. The van der Waals surface area contributed by atoms with Crippen LogP contribution in [-0.2, 0) is 4.74 Å². The van der Waals surface area contributed by atoms with E-state index >= 15 is 0 Å². The van der Waals surface area contributed by atoms with E-state index in [-0.39, 0.29) is 11.5 Å². The van der Waals surface area contributed by atoms with Gasteiger partial charge in [0.15, 0.2) is 0 Å². The van der Waals surface area contributed by atoms with Crippen molar-refractivity contribution in [1.82, 2.24) is 0 Å². The van der Waals surface area contributed by atoms with E-state index in [1.54, 1.807) is 11.3 Å². The lowest BCUT2D eigenvalue weighted by atomic mass is 9.79. The lowest BCUT2D eigenvalue weighted by molar-refractivity contribution is -0.120. The first-order valence-corrected chi connectivity index (χ1v) is 9.66. The van der Waals surface area contributed by atoms with E-state index in [2.05, 4.69) is 0 Å². The number of hydrogen-bond donors (Lipinski definition) is 1. The number of hydrogen-bond acceptors (Lipinski definition) is 4. The van der Waals surface area contributed by atoms with Crippen LogP contribution in [0.5, 0.6) is 0 Å². The Morgan fingerprint density at radius 3 is 2.85 bits per heavy atom. The van der Waals surface area contributed by atoms with E-state index in [1.165, 1.54) is 11.5 Å². The Labute approximate surface area is 133 Å². The zero-order valence-corrected chi connectivity index (χ0v) is 14.1. The van der Waals surface area contributed by atoms with Crippen molar-refractivity contribution in [2.45, 2.75) is 44.3 Å². The second-order valence-corrected chi connectivity index (χ2v) is 8.45. The van der Waals surface area contributed by atoms with Gasteiger partial charge in [0.05, 0.1) is 21.6 Å². The van der Waals surface area contributed by atoms with Gasteiger partial charge in [0.2, 0.25) is 0 Å². The molecule has 1 aromatic heterocycles. The monoisotopic (exact) mass is 332 g/mol. The maximum Gasteiger partial charge on any atom is 0.0927 e. The molecule has 3 rings (SSSR count). The van der Waals surface area contributed by atoms with E-state index in [9.17, 15) is 5.11 Å². The fourth-order valence-corrected chi connectivity index (χ4v) is 5.91. The van der Waals surface area contributed by atoms with Crippen LogP contribution >= 0.6 is 34.7 Å². The smallest absolute Gasteiger partial charge is 0.0927 e. The summed E-state index contributed by atoms with van der Waals surface area (Å²) in [6.45, 7) is 2.77. The summed E-state index contributed by atoms with van der Waals surface area (Å²) < 4.78 is 6.10. The van der Waals surface area contributed by atoms with E-state index in [0.717, 1.165) is 47.8 Å². The lowest BCUT2D eigenvalue weighted by Gasteiger charge is -2.44. The summed E-state index contributed by atoms with van der Waals surface area (Å²) in [6.07, 6.45) is 3.72. The number of halogens is 1. The van der Waals surface area contributed by atoms with Crippen molar-refractivity contribution in [1.29, 1.82) is 0 Å². The van der Waals surface area contributed by atoms with Crippen molar-refractivity contribution in [3.05, 3.63) is 20.8 Å². The summed E-state index contributed by atoms with van der Waals surface area (Å²) >= 11 is 9.91. The molecule has 0 saturated carbocycles. The molecule has 2 atom stereocenters. The Hall–Kier alpha value is 0.260. The number of aryl methyl sites for hydroxylation is 1. The normalized spacial score (nSPS) is 27.6. The van der Waals surface area contributed by atoms with Gasteiger partial charge in [0.25, 0.3) is 0 Å². The van der Waals surface area contributed by atoms with Crippen LogP contribution in [0.15, 0.2) is 5.38 Å². The molecule has 2 nitrogen and oxygen atoms in total. The molecule has 112 valence electrons. The van der Waals surface area contributed by atoms with Crippen molar-refractivity contribution in [2.24, 2.45) is 5.92 Å². The van der Waals surface area contributed by atoms with Crippen LogP contribution in [0, 0.1) is 12.8 Å². The molecule has 2 saturated heterocycles. The lowest BCUT2D eigenvalue weighted by Crippen LogP contribution is -2.44. The summed E-state index contributed by atoms with van der Waals surface area (Å²) in [5.41, 5.74) is 1.09. The third-order valence-electron chi connectivity index (χ3n) is 4.58. The topological polar surface area (TPSA) is 29.5 Å². The molecule has 2 unspecified atom stereocenters. The predicted molar refractivity (Wildman–Crippen MR) is 87.0 cm³/mol. The maximum absolute atomic E-state index is 10.7. The number of thioether (sulfide) groups is 1. The van der Waals surface area contributed by atoms with Crippen LogP contribution in [0.3, 0.4) is 0 Å². The molecule has 0 radical (unpaired) electrons.